The van der Waals surface area contributed by atoms with E-state index >= 15 is 0 Å². The van der Waals surface area contributed by atoms with Gasteiger partial charge in [-0.3, -0.25) is 4.79 Å². The number of para-hydroxylation sites is 2. The summed E-state index contributed by atoms with van der Waals surface area (Å²) >= 11 is 0. The van der Waals surface area contributed by atoms with Crippen LogP contribution in [0.2, 0.25) is 0 Å². The normalized spacial score (nSPS) is 15.0. The van der Waals surface area contributed by atoms with Crippen molar-refractivity contribution in [1.29, 1.82) is 0 Å². The second-order valence-electron chi connectivity index (χ2n) is 5.30. The Hall–Kier alpha value is -1.89. The molecule has 1 aromatic carbocycles. The molecule has 2 aromatic rings. The van der Waals surface area contributed by atoms with E-state index in [4.69, 9.17) is 4.74 Å². The van der Waals surface area contributed by atoms with Gasteiger partial charge < -0.3 is 19.9 Å². The number of hydrogen-bond donors (Lipinski definition) is 2. The van der Waals surface area contributed by atoms with E-state index in [2.05, 4.69) is 15.6 Å². The van der Waals surface area contributed by atoms with Gasteiger partial charge in [-0.15, -0.1) is 12.4 Å². The summed E-state index contributed by atoms with van der Waals surface area (Å²) in [5, 5.41) is 6.19. The van der Waals surface area contributed by atoms with E-state index in [1.54, 1.807) is 12.5 Å². The first kappa shape index (κ1) is 17.5. The number of ether oxygens (including phenoxy) is 1. The van der Waals surface area contributed by atoms with Crippen LogP contribution in [0.5, 0.6) is 0 Å². The minimum absolute atomic E-state index is 0. The molecule has 0 unspecified atom stereocenters. The van der Waals surface area contributed by atoms with Crippen molar-refractivity contribution >= 4 is 24.0 Å². The largest absolute Gasteiger partial charge is 0.368 e. The van der Waals surface area contributed by atoms with E-state index in [1.807, 2.05) is 35.0 Å². The molecule has 0 saturated carbocycles. The third kappa shape index (κ3) is 4.79. The van der Waals surface area contributed by atoms with E-state index in [0.717, 1.165) is 37.3 Å². The summed E-state index contributed by atoms with van der Waals surface area (Å²) in [5.41, 5.74) is 1.63. The minimum Gasteiger partial charge on any atom is -0.368 e. The molecule has 6 nitrogen and oxygen atoms in total. The summed E-state index contributed by atoms with van der Waals surface area (Å²) in [6, 6.07) is 7.63. The summed E-state index contributed by atoms with van der Waals surface area (Å²) in [7, 11) is 0. The van der Waals surface area contributed by atoms with Crippen LogP contribution in [-0.2, 0) is 9.53 Å². The van der Waals surface area contributed by atoms with Gasteiger partial charge in [-0.25, -0.2) is 4.98 Å². The van der Waals surface area contributed by atoms with Gasteiger partial charge in [0, 0.05) is 12.4 Å². The SMILES string of the molecule is Cl.O=C(COC1CCNCC1)Nc1ccccc1-n1ccnc1. The number of imidazole rings is 1. The van der Waals surface area contributed by atoms with Crippen molar-refractivity contribution in [1.82, 2.24) is 14.9 Å². The van der Waals surface area contributed by atoms with Crippen LogP contribution >= 0.6 is 12.4 Å². The highest BCUT2D eigenvalue weighted by Gasteiger charge is 2.15. The van der Waals surface area contributed by atoms with Crippen molar-refractivity contribution in [3.8, 4) is 5.69 Å². The minimum atomic E-state index is -0.133. The molecule has 1 saturated heterocycles. The van der Waals surface area contributed by atoms with Gasteiger partial charge in [-0.2, -0.15) is 0 Å². The Balaban J connectivity index is 0.00000192. The number of hydrogen-bond acceptors (Lipinski definition) is 4. The van der Waals surface area contributed by atoms with Gasteiger partial charge in [0.25, 0.3) is 0 Å². The molecule has 0 spiro atoms. The first-order valence-corrected chi connectivity index (χ1v) is 7.52. The molecular weight excluding hydrogens is 316 g/mol. The highest BCUT2D eigenvalue weighted by atomic mass is 35.5. The molecule has 0 bridgehead atoms. The lowest BCUT2D eigenvalue weighted by Gasteiger charge is -2.22. The fourth-order valence-corrected chi connectivity index (χ4v) is 2.55. The molecule has 124 valence electrons. The van der Waals surface area contributed by atoms with Crippen molar-refractivity contribution in [2.45, 2.75) is 18.9 Å². The topological polar surface area (TPSA) is 68.2 Å². The molecule has 3 rings (SSSR count). The van der Waals surface area contributed by atoms with Gasteiger partial charge >= 0.3 is 0 Å². The number of nitrogens with zero attached hydrogens (tertiary/aromatic N) is 2. The standard InChI is InChI=1S/C16H20N4O2.ClH/c21-16(11-22-13-5-7-17-8-6-13)19-14-3-1-2-4-15(14)20-10-9-18-12-20;/h1-4,9-10,12-13,17H,5-8,11H2,(H,19,21);1H. The monoisotopic (exact) mass is 336 g/mol. The van der Waals surface area contributed by atoms with Gasteiger partial charge in [-0.1, -0.05) is 12.1 Å². The Morgan fingerprint density at radius 1 is 1.35 bits per heavy atom. The van der Waals surface area contributed by atoms with E-state index < -0.39 is 0 Å². The van der Waals surface area contributed by atoms with Gasteiger partial charge in [0.1, 0.15) is 6.61 Å². The fraction of sp³-hybridized carbons (Fsp3) is 0.375. The zero-order valence-electron chi connectivity index (χ0n) is 12.8. The molecule has 1 aliphatic heterocycles. The van der Waals surface area contributed by atoms with E-state index in [-0.39, 0.29) is 31.0 Å². The van der Waals surface area contributed by atoms with Gasteiger partial charge in [0.15, 0.2) is 0 Å². The van der Waals surface area contributed by atoms with Gasteiger partial charge in [-0.05, 0) is 38.1 Å². The number of anilines is 1. The second kappa shape index (κ2) is 8.67. The Morgan fingerprint density at radius 3 is 2.87 bits per heavy atom. The summed E-state index contributed by atoms with van der Waals surface area (Å²) < 4.78 is 7.54. The summed E-state index contributed by atoms with van der Waals surface area (Å²) in [4.78, 5) is 16.1. The average Bonchev–Trinajstić information content (AvgIpc) is 3.09. The van der Waals surface area contributed by atoms with E-state index in [9.17, 15) is 4.79 Å². The molecule has 0 aliphatic carbocycles. The zero-order chi connectivity index (χ0) is 15.2. The molecule has 1 aromatic heterocycles. The van der Waals surface area contributed by atoms with Crippen LogP contribution in [0.15, 0.2) is 43.0 Å². The third-order valence-corrected chi connectivity index (χ3v) is 3.70. The molecular formula is C16H21ClN4O2. The van der Waals surface area contributed by atoms with Crippen molar-refractivity contribution in [2.75, 3.05) is 25.0 Å². The summed E-state index contributed by atoms with van der Waals surface area (Å²) in [6.07, 6.45) is 7.35. The van der Waals surface area contributed by atoms with Crippen LogP contribution in [0.1, 0.15) is 12.8 Å². The Morgan fingerprint density at radius 2 is 2.13 bits per heavy atom. The zero-order valence-corrected chi connectivity index (χ0v) is 13.6. The molecule has 2 N–H and O–H groups in total. The number of aromatic nitrogens is 2. The molecule has 1 fully saturated rings. The molecule has 0 atom stereocenters. The maximum atomic E-state index is 12.1. The Bertz CT molecular complexity index is 612. The predicted molar refractivity (Wildman–Crippen MR) is 91.3 cm³/mol. The third-order valence-electron chi connectivity index (χ3n) is 3.70. The first-order valence-electron chi connectivity index (χ1n) is 7.52. The molecule has 7 heteroatoms. The number of piperidine rings is 1. The Labute approximate surface area is 141 Å². The molecule has 2 heterocycles. The van der Waals surface area contributed by atoms with Crippen molar-refractivity contribution in [3.05, 3.63) is 43.0 Å². The Kier molecular flexibility index (Phi) is 6.58. The fourth-order valence-electron chi connectivity index (χ4n) is 2.55. The van der Waals surface area contributed by atoms with Crippen LogP contribution in [-0.4, -0.2) is 41.3 Å². The van der Waals surface area contributed by atoms with Crippen LogP contribution in [0.3, 0.4) is 0 Å². The highest BCUT2D eigenvalue weighted by molar-refractivity contribution is 5.93. The predicted octanol–water partition coefficient (Wildman–Crippen LogP) is 2.00. The highest BCUT2D eigenvalue weighted by Crippen LogP contribution is 2.19. The molecule has 1 amide bonds. The number of benzene rings is 1. The number of carbonyl (C=O) groups is 1. The van der Waals surface area contributed by atoms with Gasteiger partial charge in [0.2, 0.25) is 5.91 Å². The first-order chi connectivity index (χ1) is 10.8. The van der Waals surface area contributed by atoms with Crippen molar-refractivity contribution in [2.24, 2.45) is 0 Å². The molecule has 23 heavy (non-hydrogen) atoms. The van der Waals surface area contributed by atoms with Crippen LogP contribution in [0, 0.1) is 0 Å². The maximum Gasteiger partial charge on any atom is 0.250 e. The van der Waals surface area contributed by atoms with E-state index in [1.165, 1.54) is 0 Å². The van der Waals surface area contributed by atoms with Crippen molar-refractivity contribution < 1.29 is 9.53 Å². The lowest BCUT2D eigenvalue weighted by atomic mass is 10.1. The second-order valence-corrected chi connectivity index (χ2v) is 5.30. The number of amides is 1. The van der Waals surface area contributed by atoms with Crippen LogP contribution in [0.25, 0.3) is 5.69 Å². The number of halogens is 1. The maximum absolute atomic E-state index is 12.1. The molecule has 1 aliphatic rings. The smallest absolute Gasteiger partial charge is 0.250 e. The lowest BCUT2D eigenvalue weighted by molar-refractivity contribution is -0.123. The van der Waals surface area contributed by atoms with Crippen LogP contribution < -0.4 is 10.6 Å². The average molecular weight is 337 g/mol. The summed E-state index contributed by atoms with van der Waals surface area (Å²) in [6.45, 7) is 1.99. The summed E-state index contributed by atoms with van der Waals surface area (Å²) in [5.74, 6) is -0.133. The number of rotatable bonds is 5. The van der Waals surface area contributed by atoms with Crippen molar-refractivity contribution in [3.63, 3.8) is 0 Å². The lowest BCUT2D eigenvalue weighted by Crippen LogP contribution is -2.34. The number of nitrogens with one attached hydrogen (secondary N) is 2. The van der Waals surface area contributed by atoms with E-state index in [0.29, 0.717) is 0 Å². The quantitative estimate of drug-likeness (QED) is 0.876. The van der Waals surface area contributed by atoms with Gasteiger partial charge in [0.05, 0.1) is 23.8 Å². The molecule has 0 radical (unpaired) electrons. The number of carbonyl (C=O) groups excluding carboxylic acids is 1. The van der Waals surface area contributed by atoms with Crippen LogP contribution in [0.4, 0.5) is 5.69 Å².